The fourth-order valence-corrected chi connectivity index (χ4v) is 3.09. The Morgan fingerprint density at radius 2 is 1.44 bits per heavy atom. The second kappa shape index (κ2) is 7.18. The van der Waals surface area contributed by atoms with Crippen LogP contribution < -0.4 is 5.32 Å². The van der Waals surface area contributed by atoms with E-state index in [1.165, 1.54) is 11.1 Å². The van der Waals surface area contributed by atoms with Gasteiger partial charge in [-0.15, -0.1) is 0 Å². The van der Waals surface area contributed by atoms with Crippen LogP contribution in [0.2, 0.25) is 0 Å². The van der Waals surface area contributed by atoms with Crippen molar-refractivity contribution in [3.05, 3.63) is 102 Å². The summed E-state index contributed by atoms with van der Waals surface area (Å²) in [5, 5.41) is 3.66. The number of rotatable bonds is 3. The van der Waals surface area contributed by atoms with Crippen molar-refractivity contribution in [3.8, 4) is 0 Å². The fraction of sp³-hybridized carbons (Fsp3) is 0.0870. The summed E-state index contributed by atoms with van der Waals surface area (Å²) in [5.41, 5.74) is 5.62. The summed E-state index contributed by atoms with van der Waals surface area (Å²) < 4.78 is 0. The topological polar surface area (TPSA) is 24.4 Å². The molecule has 1 N–H and O–H groups in total. The highest BCUT2D eigenvalue weighted by Gasteiger charge is 2.18. The minimum atomic E-state index is 0.212. The number of nitrogens with zero attached hydrogens (tertiary/aromatic N) is 1. The lowest BCUT2D eigenvalue weighted by atomic mass is 10.0. The normalized spacial score (nSPS) is 16.6. The van der Waals surface area contributed by atoms with Gasteiger partial charge in [0, 0.05) is 12.1 Å². The summed E-state index contributed by atoms with van der Waals surface area (Å²) in [6.45, 7) is 0. The van der Waals surface area contributed by atoms with Crippen LogP contribution in [0.1, 0.15) is 23.6 Å². The van der Waals surface area contributed by atoms with Crippen LogP contribution in [0.3, 0.4) is 0 Å². The number of nitrogens with one attached hydrogen (secondary N) is 1. The summed E-state index contributed by atoms with van der Waals surface area (Å²) in [6, 6.07) is 29.4. The van der Waals surface area contributed by atoms with Crippen molar-refractivity contribution in [1.29, 1.82) is 0 Å². The monoisotopic (exact) mass is 324 g/mol. The minimum Gasteiger partial charge on any atom is -0.376 e. The van der Waals surface area contributed by atoms with Crippen LogP contribution in [0.25, 0.3) is 6.08 Å². The van der Waals surface area contributed by atoms with Crippen LogP contribution in [0.15, 0.2) is 96.0 Å². The van der Waals surface area contributed by atoms with Gasteiger partial charge in [0.15, 0.2) is 0 Å². The lowest BCUT2D eigenvalue weighted by molar-refractivity contribution is 0.830. The number of hydrogen-bond acceptors (Lipinski definition) is 2. The third kappa shape index (κ3) is 3.69. The van der Waals surface area contributed by atoms with Gasteiger partial charge in [-0.3, -0.25) is 4.99 Å². The molecule has 25 heavy (non-hydrogen) atoms. The Morgan fingerprint density at radius 1 is 0.760 bits per heavy atom. The molecular formula is C23H20N2. The minimum absolute atomic E-state index is 0.212. The molecule has 0 saturated heterocycles. The third-order valence-corrected chi connectivity index (χ3v) is 4.38. The Morgan fingerprint density at radius 3 is 2.24 bits per heavy atom. The van der Waals surface area contributed by atoms with E-state index in [0.717, 1.165) is 23.5 Å². The molecule has 122 valence electrons. The fourth-order valence-electron chi connectivity index (χ4n) is 3.09. The van der Waals surface area contributed by atoms with E-state index >= 15 is 0 Å². The molecule has 2 heteroatoms. The average molecular weight is 324 g/mol. The summed E-state index contributed by atoms with van der Waals surface area (Å²) in [6.07, 6.45) is 5.12. The lowest BCUT2D eigenvalue weighted by Gasteiger charge is -2.18. The summed E-state index contributed by atoms with van der Waals surface area (Å²) >= 11 is 0. The maximum absolute atomic E-state index is 4.90. The number of hydrogen-bond donors (Lipinski definition) is 1. The highest BCUT2D eigenvalue weighted by Crippen LogP contribution is 2.34. The molecule has 0 spiro atoms. The molecule has 0 radical (unpaired) electrons. The predicted molar refractivity (Wildman–Crippen MR) is 106 cm³/mol. The Balaban J connectivity index is 1.69. The number of fused-ring (bicyclic) bond motifs is 1. The molecule has 0 saturated carbocycles. The van der Waals surface area contributed by atoms with E-state index in [4.69, 9.17) is 4.99 Å². The number of benzene rings is 3. The van der Waals surface area contributed by atoms with E-state index < -0.39 is 0 Å². The molecule has 0 bridgehead atoms. The first-order valence-corrected chi connectivity index (χ1v) is 8.60. The van der Waals surface area contributed by atoms with Crippen LogP contribution >= 0.6 is 0 Å². The van der Waals surface area contributed by atoms with Crippen molar-refractivity contribution in [1.82, 2.24) is 0 Å². The van der Waals surface area contributed by atoms with Crippen LogP contribution in [0, 0.1) is 0 Å². The first-order chi connectivity index (χ1) is 12.4. The van der Waals surface area contributed by atoms with E-state index in [9.17, 15) is 0 Å². The van der Waals surface area contributed by atoms with Crippen molar-refractivity contribution in [2.75, 3.05) is 5.32 Å². The zero-order chi connectivity index (χ0) is 16.9. The van der Waals surface area contributed by atoms with Crippen LogP contribution in [0.5, 0.6) is 0 Å². The third-order valence-electron chi connectivity index (χ3n) is 4.38. The maximum atomic E-state index is 4.90. The summed E-state index contributed by atoms with van der Waals surface area (Å²) in [5.74, 6) is 0. The van der Waals surface area contributed by atoms with Gasteiger partial charge in [-0.1, -0.05) is 78.9 Å². The number of aliphatic imine (C=N–C) groups is 1. The summed E-state index contributed by atoms with van der Waals surface area (Å²) in [4.78, 5) is 4.90. The van der Waals surface area contributed by atoms with Gasteiger partial charge in [0.2, 0.25) is 0 Å². The molecule has 1 aliphatic heterocycles. The number of para-hydroxylation sites is 2. The van der Waals surface area contributed by atoms with Gasteiger partial charge in [0.1, 0.15) is 0 Å². The molecular weight excluding hydrogens is 304 g/mol. The molecule has 3 aromatic rings. The maximum Gasteiger partial charge on any atom is 0.0864 e. The van der Waals surface area contributed by atoms with Gasteiger partial charge >= 0.3 is 0 Å². The van der Waals surface area contributed by atoms with Gasteiger partial charge < -0.3 is 5.32 Å². The molecule has 3 aromatic carbocycles. The quantitative estimate of drug-likeness (QED) is 0.625. The zero-order valence-corrected chi connectivity index (χ0v) is 14.0. The van der Waals surface area contributed by atoms with Crippen molar-refractivity contribution in [2.45, 2.75) is 12.5 Å². The highest BCUT2D eigenvalue weighted by molar-refractivity contribution is 6.02. The van der Waals surface area contributed by atoms with E-state index in [1.807, 2.05) is 18.2 Å². The van der Waals surface area contributed by atoms with Gasteiger partial charge in [-0.05, 0) is 29.3 Å². The van der Waals surface area contributed by atoms with Gasteiger partial charge in [-0.25, -0.2) is 0 Å². The largest absolute Gasteiger partial charge is 0.376 e. The van der Waals surface area contributed by atoms with E-state index in [0.29, 0.717) is 0 Å². The number of allylic oxidation sites excluding steroid dienone is 1. The lowest BCUT2D eigenvalue weighted by Crippen LogP contribution is -2.12. The van der Waals surface area contributed by atoms with Crippen molar-refractivity contribution >= 4 is 23.2 Å². The first-order valence-electron chi connectivity index (χ1n) is 8.60. The predicted octanol–water partition coefficient (Wildman–Crippen LogP) is 6.03. The van der Waals surface area contributed by atoms with Crippen molar-refractivity contribution < 1.29 is 0 Å². The number of anilines is 1. The molecule has 4 rings (SSSR count). The Hall–Kier alpha value is -3.13. The van der Waals surface area contributed by atoms with E-state index in [-0.39, 0.29) is 6.04 Å². The Bertz CT molecular complexity index is 896. The standard InChI is InChI=1S/C23H20N2/c1-3-9-18(10-4-1)15-16-20-17-23(19-11-5-2-6-12-19)25-22-14-8-7-13-21(22)24-20/h1-16,23,25H,17H2. The molecule has 1 heterocycles. The molecule has 2 nitrogen and oxygen atoms in total. The Labute approximate surface area is 148 Å². The van der Waals surface area contributed by atoms with Gasteiger partial charge in [0.25, 0.3) is 0 Å². The first kappa shape index (κ1) is 15.4. The van der Waals surface area contributed by atoms with Crippen molar-refractivity contribution in [2.24, 2.45) is 4.99 Å². The molecule has 0 aliphatic carbocycles. The average Bonchev–Trinajstić information content (AvgIpc) is 2.87. The molecule has 1 unspecified atom stereocenters. The summed E-state index contributed by atoms with van der Waals surface area (Å²) in [7, 11) is 0. The molecule has 0 amide bonds. The van der Waals surface area contributed by atoms with Crippen molar-refractivity contribution in [3.63, 3.8) is 0 Å². The van der Waals surface area contributed by atoms with Crippen LogP contribution in [-0.4, -0.2) is 5.71 Å². The van der Waals surface area contributed by atoms with Gasteiger partial charge in [-0.2, -0.15) is 0 Å². The highest BCUT2D eigenvalue weighted by atomic mass is 15.0. The van der Waals surface area contributed by atoms with Crippen LogP contribution in [0.4, 0.5) is 11.4 Å². The molecule has 0 aromatic heterocycles. The van der Waals surface area contributed by atoms with Crippen LogP contribution in [-0.2, 0) is 0 Å². The molecule has 1 atom stereocenters. The smallest absolute Gasteiger partial charge is 0.0864 e. The Kier molecular flexibility index (Phi) is 4.42. The molecule has 0 fully saturated rings. The second-order valence-electron chi connectivity index (χ2n) is 6.18. The van der Waals surface area contributed by atoms with Gasteiger partial charge in [0.05, 0.1) is 17.4 Å². The SMILES string of the molecule is C(=Cc1ccccc1)C1=Nc2ccccc2NC(c2ccccc2)C1. The van der Waals surface area contributed by atoms with E-state index in [1.54, 1.807) is 0 Å². The second-order valence-corrected chi connectivity index (χ2v) is 6.18. The molecule has 1 aliphatic rings. The zero-order valence-electron chi connectivity index (χ0n) is 14.0. The van der Waals surface area contributed by atoms with E-state index in [2.05, 4.69) is 84.2 Å².